The number of nitrogens with zero attached hydrogens (tertiary/aromatic N) is 1. The van der Waals surface area contributed by atoms with E-state index in [-0.39, 0.29) is 5.69 Å². The van der Waals surface area contributed by atoms with Gasteiger partial charge in [-0.15, -0.1) is 0 Å². The third-order valence-corrected chi connectivity index (χ3v) is 5.01. The number of rotatable bonds is 5. The summed E-state index contributed by atoms with van der Waals surface area (Å²) in [6.07, 6.45) is 3.87. The molecule has 0 heterocycles. The molecule has 1 fully saturated rings. The molecule has 116 valence electrons. The number of halogens is 1. The van der Waals surface area contributed by atoms with Gasteiger partial charge >= 0.3 is 0 Å². The summed E-state index contributed by atoms with van der Waals surface area (Å²) in [5.41, 5.74) is 0.251. The van der Waals surface area contributed by atoms with Crippen LogP contribution in [0.25, 0.3) is 0 Å². The average molecular weight is 357 g/mol. The van der Waals surface area contributed by atoms with Crippen LogP contribution in [0.15, 0.2) is 22.7 Å². The van der Waals surface area contributed by atoms with E-state index >= 15 is 0 Å². The quantitative estimate of drug-likeness (QED) is 0.626. The molecule has 0 radical (unpaired) electrons. The fourth-order valence-electron chi connectivity index (χ4n) is 3.07. The fourth-order valence-corrected chi connectivity index (χ4v) is 3.62. The van der Waals surface area contributed by atoms with Crippen molar-refractivity contribution in [1.29, 1.82) is 0 Å². The number of nitro groups is 1. The molecule has 1 aliphatic carbocycles. The number of aliphatic hydroxyl groups is 1. The van der Waals surface area contributed by atoms with Gasteiger partial charge in [-0.2, -0.15) is 0 Å². The van der Waals surface area contributed by atoms with Crippen molar-refractivity contribution in [2.24, 2.45) is 5.92 Å². The summed E-state index contributed by atoms with van der Waals surface area (Å²) >= 11 is 3.29. The molecule has 2 unspecified atom stereocenters. The summed E-state index contributed by atoms with van der Waals surface area (Å²) in [5.74, 6) is 0.551. The highest BCUT2D eigenvalue weighted by molar-refractivity contribution is 9.10. The third kappa shape index (κ3) is 4.25. The molecule has 0 aliphatic heterocycles. The number of benzene rings is 1. The Kier molecular flexibility index (Phi) is 5.35. The maximum Gasteiger partial charge on any atom is 0.283 e. The van der Waals surface area contributed by atoms with Gasteiger partial charge in [0.2, 0.25) is 0 Å². The maximum atomic E-state index is 10.9. The number of hydrogen-bond donors (Lipinski definition) is 2. The van der Waals surface area contributed by atoms with E-state index in [1.807, 2.05) is 6.07 Å². The minimum absolute atomic E-state index is 0.0688. The van der Waals surface area contributed by atoms with E-state index in [2.05, 4.69) is 28.2 Å². The van der Waals surface area contributed by atoms with Crippen LogP contribution in [0.2, 0.25) is 0 Å². The van der Waals surface area contributed by atoms with E-state index in [0.29, 0.717) is 23.5 Å². The van der Waals surface area contributed by atoms with Crippen LogP contribution in [0.1, 0.15) is 38.2 Å². The van der Waals surface area contributed by atoms with Crippen molar-refractivity contribution >= 4 is 21.6 Å². The maximum absolute atomic E-state index is 10.9. The monoisotopic (exact) mass is 356 g/mol. The van der Waals surface area contributed by atoms with Gasteiger partial charge in [-0.3, -0.25) is 10.1 Å². The molecular formula is C15H21BrN2O3. The minimum atomic E-state index is -0.648. The first-order valence-corrected chi connectivity index (χ1v) is 8.05. The SMILES string of the molecule is CC1CCCC(O)(CNCc2cccc([N+](=O)[O-])c2Br)C1. The second-order valence-electron chi connectivity index (χ2n) is 6.04. The summed E-state index contributed by atoms with van der Waals surface area (Å²) in [6, 6.07) is 5.00. The fraction of sp³-hybridized carbons (Fsp3) is 0.600. The topological polar surface area (TPSA) is 75.4 Å². The predicted molar refractivity (Wildman–Crippen MR) is 85.1 cm³/mol. The Balaban J connectivity index is 1.94. The van der Waals surface area contributed by atoms with Gasteiger partial charge in [0.05, 0.1) is 15.0 Å². The van der Waals surface area contributed by atoms with E-state index in [9.17, 15) is 15.2 Å². The molecule has 0 amide bonds. The first-order chi connectivity index (χ1) is 9.91. The molecule has 21 heavy (non-hydrogen) atoms. The van der Waals surface area contributed by atoms with Gasteiger partial charge in [-0.1, -0.05) is 31.9 Å². The van der Waals surface area contributed by atoms with Crippen molar-refractivity contribution in [3.05, 3.63) is 38.3 Å². The van der Waals surface area contributed by atoms with Gasteiger partial charge in [0.25, 0.3) is 5.69 Å². The van der Waals surface area contributed by atoms with Crippen molar-refractivity contribution in [2.75, 3.05) is 6.54 Å². The Hall–Kier alpha value is -0.980. The molecule has 0 bridgehead atoms. The highest BCUT2D eigenvalue weighted by atomic mass is 79.9. The van der Waals surface area contributed by atoms with E-state index in [1.54, 1.807) is 6.07 Å². The van der Waals surface area contributed by atoms with Crippen molar-refractivity contribution < 1.29 is 10.0 Å². The lowest BCUT2D eigenvalue weighted by Gasteiger charge is -2.35. The largest absolute Gasteiger partial charge is 0.389 e. The Bertz CT molecular complexity index is 524. The van der Waals surface area contributed by atoms with Crippen LogP contribution in [0.5, 0.6) is 0 Å². The van der Waals surface area contributed by atoms with Gasteiger partial charge in [0, 0.05) is 19.2 Å². The molecule has 1 aromatic carbocycles. The van der Waals surface area contributed by atoms with Crippen LogP contribution in [0.4, 0.5) is 5.69 Å². The summed E-state index contributed by atoms with van der Waals surface area (Å²) in [6.45, 7) is 3.19. The molecule has 2 atom stereocenters. The van der Waals surface area contributed by atoms with Crippen LogP contribution in [0.3, 0.4) is 0 Å². The van der Waals surface area contributed by atoms with Crippen molar-refractivity contribution in [3.8, 4) is 0 Å². The predicted octanol–water partition coefficient (Wildman–Crippen LogP) is 3.39. The van der Waals surface area contributed by atoms with Gasteiger partial charge < -0.3 is 10.4 Å². The molecule has 0 spiro atoms. The van der Waals surface area contributed by atoms with Gasteiger partial charge in [0.1, 0.15) is 0 Å². The highest BCUT2D eigenvalue weighted by Crippen LogP contribution is 2.32. The Morgan fingerprint density at radius 2 is 2.33 bits per heavy atom. The smallest absolute Gasteiger partial charge is 0.283 e. The molecule has 0 aromatic heterocycles. The molecule has 2 N–H and O–H groups in total. The van der Waals surface area contributed by atoms with Gasteiger partial charge in [-0.25, -0.2) is 0 Å². The summed E-state index contributed by atoms with van der Waals surface area (Å²) in [4.78, 5) is 10.5. The van der Waals surface area contributed by atoms with Gasteiger partial charge in [0.15, 0.2) is 0 Å². The zero-order valence-electron chi connectivity index (χ0n) is 12.1. The molecule has 5 nitrogen and oxygen atoms in total. The number of nitrogens with one attached hydrogen (secondary N) is 1. The lowest BCUT2D eigenvalue weighted by molar-refractivity contribution is -0.385. The Morgan fingerprint density at radius 1 is 1.57 bits per heavy atom. The standard InChI is InChI=1S/C15H21BrN2O3/c1-11-4-3-7-15(19,8-11)10-17-9-12-5-2-6-13(14(12)16)18(20)21/h2,5-6,11,17,19H,3-4,7-10H2,1H3. The second-order valence-corrected chi connectivity index (χ2v) is 6.83. The van der Waals surface area contributed by atoms with Gasteiger partial charge in [-0.05, 0) is 40.3 Å². The van der Waals surface area contributed by atoms with Crippen molar-refractivity contribution in [2.45, 2.75) is 44.8 Å². The molecule has 1 saturated carbocycles. The molecular weight excluding hydrogens is 336 g/mol. The summed E-state index contributed by atoms with van der Waals surface area (Å²) in [7, 11) is 0. The van der Waals surface area contributed by atoms with E-state index in [0.717, 1.165) is 24.8 Å². The Labute approximate surface area is 133 Å². The average Bonchev–Trinajstić information content (AvgIpc) is 2.40. The summed E-state index contributed by atoms with van der Waals surface area (Å²) < 4.78 is 0.506. The van der Waals surface area contributed by atoms with Crippen molar-refractivity contribution in [3.63, 3.8) is 0 Å². The third-order valence-electron chi connectivity index (χ3n) is 4.09. The molecule has 1 aliphatic rings. The second kappa shape index (κ2) is 6.85. The zero-order valence-corrected chi connectivity index (χ0v) is 13.7. The van der Waals surface area contributed by atoms with Crippen molar-refractivity contribution in [1.82, 2.24) is 5.32 Å². The van der Waals surface area contributed by atoms with Crippen LogP contribution in [-0.2, 0) is 6.54 Å². The van der Waals surface area contributed by atoms with Crippen LogP contribution < -0.4 is 5.32 Å². The van der Waals surface area contributed by atoms with Crippen LogP contribution in [-0.4, -0.2) is 22.2 Å². The first kappa shape index (κ1) is 16.4. The molecule has 6 heteroatoms. The van der Waals surface area contributed by atoms with Crippen LogP contribution >= 0.6 is 15.9 Å². The van der Waals surface area contributed by atoms with E-state index in [1.165, 1.54) is 12.5 Å². The molecule has 1 aromatic rings. The highest BCUT2D eigenvalue weighted by Gasteiger charge is 2.32. The van der Waals surface area contributed by atoms with E-state index in [4.69, 9.17) is 0 Å². The van der Waals surface area contributed by atoms with E-state index < -0.39 is 10.5 Å². The lowest BCUT2D eigenvalue weighted by Crippen LogP contribution is -2.43. The molecule has 2 rings (SSSR count). The normalized spacial score (nSPS) is 25.8. The molecule has 0 saturated heterocycles. The summed E-state index contributed by atoms with van der Waals surface area (Å²) in [5, 5.41) is 24.7. The first-order valence-electron chi connectivity index (χ1n) is 7.26. The minimum Gasteiger partial charge on any atom is -0.389 e. The number of nitro benzene ring substituents is 1. The Morgan fingerprint density at radius 3 is 3.00 bits per heavy atom. The lowest BCUT2D eigenvalue weighted by atomic mass is 9.79. The zero-order chi connectivity index (χ0) is 15.5. The van der Waals surface area contributed by atoms with Crippen LogP contribution in [0, 0.1) is 16.0 Å². The number of hydrogen-bond acceptors (Lipinski definition) is 4.